The number of aromatic nitrogens is 1. The standard InChI is InChI=1S/C12H18N4O3/c1-16(8-6-15-12(18)19)7-5-14-11(17)10-3-2-4-13-9-10/h2-4,9,15H,5-8H2,1H3,(H,14,17)(H,18,19). The third-order valence-corrected chi connectivity index (χ3v) is 2.47. The van der Waals surface area contributed by atoms with E-state index in [2.05, 4.69) is 15.6 Å². The van der Waals surface area contributed by atoms with Crippen LogP contribution in [0.2, 0.25) is 0 Å². The van der Waals surface area contributed by atoms with Gasteiger partial charge in [0.15, 0.2) is 0 Å². The highest BCUT2D eigenvalue weighted by Crippen LogP contribution is 1.94. The van der Waals surface area contributed by atoms with Crippen LogP contribution in [0.15, 0.2) is 24.5 Å². The van der Waals surface area contributed by atoms with E-state index in [1.807, 2.05) is 11.9 Å². The Morgan fingerprint density at radius 3 is 2.58 bits per heavy atom. The monoisotopic (exact) mass is 266 g/mol. The zero-order valence-corrected chi connectivity index (χ0v) is 10.8. The number of carbonyl (C=O) groups is 2. The summed E-state index contributed by atoms with van der Waals surface area (Å²) in [4.78, 5) is 27.7. The highest BCUT2D eigenvalue weighted by atomic mass is 16.4. The first-order chi connectivity index (χ1) is 9.09. The van der Waals surface area contributed by atoms with E-state index in [4.69, 9.17) is 5.11 Å². The van der Waals surface area contributed by atoms with E-state index in [0.29, 0.717) is 31.7 Å². The first-order valence-corrected chi connectivity index (χ1v) is 5.93. The predicted octanol–water partition coefficient (Wildman–Crippen LogP) is 0.0108. The number of likely N-dealkylation sites (N-methyl/N-ethyl adjacent to an activating group) is 1. The van der Waals surface area contributed by atoms with Crippen molar-refractivity contribution in [2.45, 2.75) is 0 Å². The van der Waals surface area contributed by atoms with Crippen LogP contribution in [-0.2, 0) is 0 Å². The minimum atomic E-state index is -1.03. The number of nitrogens with zero attached hydrogens (tertiary/aromatic N) is 2. The molecule has 3 N–H and O–H groups in total. The third kappa shape index (κ3) is 6.37. The lowest BCUT2D eigenvalue weighted by Gasteiger charge is -2.16. The summed E-state index contributed by atoms with van der Waals surface area (Å²) < 4.78 is 0. The maximum Gasteiger partial charge on any atom is 0.404 e. The fraction of sp³-hybridized carbons (Fsp3) is 0.417. The predicted molar refractivity (Wildman–Crippen MR) is 70.1 cm³/mol. The molecule has 0 aliphatic rings. The SMILES string of the molecule is CN(CCNC(=O)O)CCNC(=O)c1cccnc1. The Bertz CT molecular complexity index is 411. The zero-order chi connectivity index (χ0) is 14.1. The smallest absolute Gasteiger partial charge is 0.404 e. The van der Waals surface area contributed by atoms with Gasteiger partial charge in [-0.25, -0.2) is 4.79 Å². The van der Waals surface area contributed by atoms with Crippen LogP contribution in [0.3, 0.4) is 0 Å². The van der Waals surface area contributed by atoms with Gasteiger partial charge in [-0.15, -0.1) is 0 Å². The Labute approximate surface area is 111 Å². The molecule has 0 atom stereocenters. The van der Waals surface area contributed by atoms with Gasteiger partial charge in [0.05, 0.1) is 5.56 Å². The largest absolute Gasteiger partial charge is 0.465 e. The first-order valence-electron chi connectivity index (χ1n) is 5.93. The van der Waals surface area contributed by atoms with Crippen LogP contribution in [-0.4, -0.2) is 60.2 Å². The molecule has 19 heavy (non-hydrogen) atoms. The second kappa shape index (κ2) is 8.04. The fourth-order valence-electron chi connectivity index (χ4n) is 1.42. The van der Waals surface area contributed by atoms with Crippen molar-refractivity contribution in [1.29, 1.82) is 0 Å². The zero-order valence-electron chi connectivity index (χ0n) is 10.8. The number of pyridine rings is 1. The normalized spacial score (nSPS) is 10.2. The molecule has 1 heterocycles. The topological polar surface area (TPSA) is 94.6 Å². The van der Waals surface area contributed by atoms with Crippen molar-refractivity contribution < 1.29 is 14.7 Å². The van der Waals surface area contributed by atoms with E-state index in [-0.39, 0.29) is 5.91 Å². The summed E-state index contributed by atoms with van der Waals surface area (Å²) in [6, 6.07) is 3.40. The maximum absolute atomic E-state index is 11.7. The van der Waals surface area contributed by atoms with E-state index < -0.39 is 6.09 Å². The van der Waals surface area contributed by atoms with Crippen LogP contribution in [0.5, 0.6) is 0 Å². The molecule has 2 amide bonds. The van der Waals surface area contributed by atoms with E-state index in [0.717, 1.165) is 0 Å². The van der Waals surface area contributed by atoms with Gasteiger partial charge in [0.2, 0.25) is 0 Å². The van der Waals surface area contributed by atoms with Gasteiger partial charge in [-0.05, 0) is 19.2 Å². The molecular weight excluding hydrogens is 248 g/mol. The van der Waals surface area contributed by atoms with Gasteiger partial charge in [0.25, 0.3) is 5.91 Å². The minimum Gasteiger partial charge on any atom is -0.465 e. The number of rotatable bonds is 7. The van der Waals surface area contributed by atoms with Crippen LogP contribution in [0.4, 0.5) is 4.79 Å². The Hall–Kier alpha value is -2.15. The molecule has 7 nitrogen and oxygen atoms in total. The lowest BCUT2D eigenvalue weighted by molar-refractivity contribution is 0.0949. The van der Waals surface area contributed by atoms with Crippen LogP contribution in [0.1, 0.15) is 10.4 Å². The number of hydrogen-bond donors (Lipinski definition) is 3. The number of carboxylic acid groups (broad SMARTS) is 1. The quantitative estimate of drug-likeness (QED) is 0.646. The highest BCUT2D eigenvalue weighted by molar-refractivity contribution is 5.93. The second-order valence-corrected chi connectivity index (χ2v) is 4.03. The molecule has 0 aromatic carbocycles. The number of nitrogens with one attached hydrogen (secondary N) is 2. The van der Waals surface area contributed by atoms with Gasteiger partial charge < -0.3 is 20.6 Å². The molecule has 0 fully saturated rings. The Morgan fingerprint density at radius 2 is 2.00 bits per heavy atom. The summed E-state index contributed by atoms with van der Waals surface area (Å²) in [5.41, 5.74) is 0.526. The van der Waals surface area contributed by atoms with E-state index in [1.54, 1.807) is 18.3 Å². The molecule has 7 heteroatoms. The van der Waals surface area contributed by atoms with Crippen LogP contribution in [0, 0.1) is 0 Å². The van der Waals surface area contributed by atoms with E-state index in [1.165, 1.54) is 6.20 Å². The third-order valence-electron chi connectivity index (χ3n) is 2.47. The highest BCUT2D eigenvalue weighted by Gasteiger charge is 2.05. The molecule has 1 aromatic rings. The molecule has 0 radical (unpaired) electrons. The van der Waals surface area contributed by atoms with Crippen molar-refractivity contribution in [3.8, 4) is 0 Å². The molecule has 104 valence electrons. The van der Waals surface area contributed by atoms with Crippen LogP contribution < -0.4 is 10.6 Å². The molecular formula is C12H18N4O3. The molecule has 0 unspecified atom stereocenters. The summed E-state index contributed by atoms with van der Waals surface area (Å²) in [5, 5.41) is 13.5. The van der Waals surface area contributed by atoms with Crippen molar-refractivity contribution in [3.05, 3.63) is 30.1 Å². The number of hydrogen-bond acceptors (Lipinski definition) is 4. The van der Waals surface area contributed by atoms with E-state index in [9.17, 15) is 9.59 Å². The Kier molecular flexibility index (Phi) is 6.31. The molecule has 0 aliphatic heterocycles. The van der Waals surface area contributed by atoms with Gasteiger partial charge in [0.1, 0.15) is 0 Å². The number of amides is 2. The lowest BCUT2D eigenvalue weighted by atomic mass is 10.3. The molecule has 1 aromatic heterocycles. The molecule has 0 saturated carbocycles. The lowest BCUT2D eigenvalue weighted by Crippen LogP contribution is -2.37. The molecule has 0 spiro atoms. The minimum absolute atomic E-state index is 0.162. The molecule has 0 saturated heterocycles. The average Bonchev–Trinajstić information content (AvgIpc) is 2.39. The summed E-state index contributed by atoms with van der Waals surface area (Å²) in [6.45, 7) is 2.10. The maximum atomic E-state index is 11.7. The van der Waals surface area contributed by atoms with Gasteiger partial charge in [-0.1, -0.05) is 0 Å². The van der Waals surface area contributed by atoms with E-state index >= 15 is 0 Å². The summed E-state index contributed by atoms with van der Waals surface area (Å²) in [6.07, 6.45) is 2.09. The molecule has 1 rings (SSSR count). The van der Waals surface area contributed by atoms with Crippen molar-refractivity contribution in [3.63, 3.8) is 0 Å². The fourth-order valence-corrected chi connectivity index (χ4v) is 1.42. The van der Waals surface area contributed by atoms with Gasteiger partial charge in [0, 0.05) is 38.6 Å². The van der Waals surface area contributed by atoms with Gasteiger partial charge in [-0.2, -0.15) is 0 Å². The average molecular weight is 266 g/mol. The van der Waals surface area contributed by atoms with Gasteiger partial charge in [-0.3, -0.25) is 9.78 Å². The van der Waals surface area contributed by atoms with Crippen LogP contribution >= 0.6 is 0 Å². The second-order valence-electron chi connectivity index (χ2n) is 4.03. The summed E-state index contributed by atoms with van der Waals surface area (Å²) >= 11 is 0. The summed E-state index contributed by atoms with van der Waals surface area (Å²) in [5.74, 6) is -0.162. The van der Waals surface area contributed by atoms with Gasteiger partial charge >= 0.3 is 6.09 Å². The van der Waals surface area contributed by atoms with Crippen molar-refractivity contribution >= 4 is 12.0 Å². The van der Waals surface area contributed by atoms with Crippen molar-refractivity contribution in [2.24, 2.45) is 0 Å². The first kappa shape index (κ1) is 14.9. The van der Waals surface area contributed by atoms with Crippen molar-refractivity contribution in [1.82, 2.24) is 20.5 Å². The Morgan fingerprint density at radius 1 is 1.32 bits per heavy atom. The van der Waals surface area contributed by atoms with Crippen molar-refractivity contribution in [2.75, 3.05) is 33.2 Å². The molecule has 0 aliphatic carbocycles. The number of carbonyl (C=O) groups excluding carboxylic acids is 1. The Balaban J connectivity index is 2.16. The van der Waals surface area contributed by atoms with Crippen LogP contribution in [0.25, 0.3) is 0 Å². The molecule has 0 bridgehead atoms. The summed E-state index contributed by atoms with van der Waals surface area (Å²) in [7, 11) is 1.86.